The number of nitrogen functional groups attached to an aromatic ring is 1. The van der Waals surface area contributed by atoms with Gasteiger partial charge in [-0.2, -0.15) is 0 Å². The van der Waals surface area contributed by atoms with Gasteiger partial charge in [0.25, 0.3) is 0 Å². The lowest BCUT2D eigenvalue weighted by atomic mass is 10.0. The van der Waals surface area contributed by atoms with Gasteiger partial charge < -0.3 is 15.2 Å². The molecular weight excluding hydrogens is 236 g/mol. The van der Waals surface area contributed by atoms with Gasteiger partial charge in [-0.1, -0.05) is 6.92 Å². The molecule has 19 heavy (non-hydrogen) atoms. The van der Waals surface area contributed by atoms with E-state index in [2.05, 4.69) is 27.4 Å². The minimum Gasteiger partial charge on any atom is -0.399 e. The molecule has 0 radical (unpaired) electrons. The maximum atomic E-state index is 5.81. The molecule has 1 saturated heterocycles. The molecule has 0 aliphatic carbocycles. The summed E-state index contributed by atoms with van der Waals surface area (Å²) in [5.41, 5.74) is 8.82. The van der Waals surface area contributed by atoms with E-state index in [0.717, 1.165) is 11.2 Å². The van der Waals surface area contributed by atoms with Crippen molar-refractivity contribution >= 4 is 16.7 Å². The molecule has 2 heterocycles. The van der Waals surface area contributed by atoms with E-state index < -0.39 is 0 Å². The lowest BCUT2D eigenvalue weighted by molar-refractivity contribution is 0.188. The summed E-state index contributed by atoms with van der Waals surface area (Å²) in [6, 6.07) is 6.60. The molecule has 2 aromatic rings. The quantitative estimate of drug-likeness (QED) is 0.861. The Morgan fingerprint density at radius 3 is 2.84 bits per heavy atom. The summed E-state index contributed by atoms with van der Waals surface area (Å²) in [6.07, 6.45) is 5.66. The van der Waals surface area contributed by atoms with Crippen LogP contribution in [0.2, 0.25) is 0 Å². The molecule has 102 valence electrons. The van der Waals surface area contributed by atoms with Crippen LogP contribution >= 0.6 is 0 Å². The highest BCUT2D eigenvalue weighted by Crippen LogP contribution is 2.27. The SMILES string of the molecule is CCCN1CCC(n2cnc3cc(N)ccc32)CC1. The molecule has 1 aromatic heterocycles. The van der Waals surface area contributed by atoms with Crippen LogP contribution in [0.4, 0.5) is 5.69 Å². The van der Waals surface area contributed by atoms with Crippen molar-refractivity contribution in [3.8, 4) is 0 Å². The zero-order chi connectivity index (χ0) is 13.2. The molecule has 4 heteroatoms. The number of hydrogen-bond donors (Lipinski definition) is 1. The normalized spacial score (nSPS) is 18.2. The first-order valence-corrected chi connectivity index (χ1v) is 7.22. The first-order valence-electron chi connectivity index (χ1n) is 7.22. The second kappa shape index (κ2) is 5.21. The number of anilines is 1. The van der Waals surface area contributed by atoms with E-state index in [-0.39, 0.29) is 0 Å². The maximum Gasteiger partial charge on any atom is 0.0960 e. The molecule has 3 rings (SSSR count). The number of fused-ring (bicyclic) bond motifs is 1. The Bertz CT molecular complexity index is 552. The second-order valence-electron chi connectivity index (χ2n) is 5.47. The van der Waals surface area contributed by atoms with Crippen molar-refractivity contribution in [2.75, 3.05) is 25.4 Å². The molecule has 1 aromatic carbocycles. The van der Waals surface area contributed by atoms with E-state index in [9.17, 15) is 0 Å². The molecule has 0 saturated carbocycles. The van der Waals surface area contributed by atoms with Gasteiger partial charge >= 0.3 is 0 Å². The van der Waals surface area contributed by atoms with E-state index in [4.69, 9.17) is 5.73 Å². The van der Waals surface area contributed by atoms with Crippen molar-refractivity contribution in [1.29, 1.82) is 0 Å². The largest absolute Gasteiger partial charge is 0.399 e. The maximum absolute atomic E-state index is 5.81. The van der Waals surface area contributed by atoms with Crippen LogP contribution in [-0.4, -0.2) is 34.1 Å². The van der Waals surface area contributed by atoms with Gasteiger partial charge in [-0.3, -0.25) is 0 Å². The number of piperidine rings is 1. The Hall–Kier alpha value is -1.55. The molecule has 1 aliphatic rings. The fraction of sp³-hybridized carbons (Fsp3) is 0.533. The van der Waals surface area contributed by atoms with Gasteiger partial charge in [0.2, 0.25) is 0 Å². The van der Waals surface area contributed by atoms with Gasteiger partial charge in [0, 0.05) is 24.8 Å². The van der Waals surface area contributed by atoms with Crippen LogP contribution in [0.1, 0.15) is 32.2 Å². The smallest absolute Gasteiger partial charge is 0.0960 e. The average Bonchev–Trinajstić information content (AvgIpc) is 2.83. The van der Waals surface area contributed by atoms with Crippen molar-refractivity contribution in [3.63, 3.8) is 0 Å². The number of likely N-dealkylation sites (tertiary alicyclic amines) is 1. The number of aromatic nitrogens is 2. The lowest BCUT2D eigenvalue weighted by Gasteiger charge is -2.32. The van der Waals surface area contributed by atoms with E-state index in [1.54, 1.807) is 0 Å². The van der Waals surface area contributed by atoms with Gasteiger partial charge in [-0.15, -0.1) is 0 Å². The fourth-order valence-corrected chi connectivity index (χ4v) is 3.08. The van der Waals surface area contributed by atoms with Gasteiger partial charge in [-0.25, -0.2) is 4.98 Å². The third kappa shape index (κ3) is 2.45. The predicted molar refractivity (Wildman–Crippen MR) is 79.1 cm³/mol. The minimum atomic E-state index is 0.585. The fourth-order valence-electron chi connectivity index (χ4n) is 3.08. The highest BCUT2D eigenvalue weighted by atomic mass is 15.2. The summed E-state index contributed by atoms with van der Waals surface area (Å²) in [6.45, 7) is 5.88. The Morgan fingerprint density at radius 2 is 2.11 bits per heavy atom. The van der Waals surface area contributed by atoms with Crippen LogP contribution < -0.4 is 5.73 Å². The van der Waals surface area contributed by atoms with Crippen molar-refractivity contribution < 1.29 is 0 Å². The number of nitrogens with zero attached hydrogens (tertiary/aromatic N) is 3. The summed E-state index contributed by atoms with van der Waals surface area (Å²) in [5.74, 6) is 0. The van der Waals surface area contributed by atoms with Gasteiger partial charge in [0.1, 0.15) is 0 Å². The first kappa shape index (κ1) is 12.5. The third-order valence-electron chi connectivity index (χ3n) is 4.09. The monoisotopic (exact) mass is 258 g/mol. The topological polar surface area (TPSA) is 47.1 Å². The van der Waals surface area contributed by atoms with Crippen LogP contribution in [0.3, 0.4) is 0 Å². The lowest BCUT2D eigenvalue weighted by Crippen LogP contribution is -2.34. The number of nitrogens with two attached hydrogens (primary N) is 1. The minimum absolute atomic E-state index is 0.585. The van der Waals surface area contributed by atoms with E-state index in [1.807, 2.05) is 18.5 Å². The van der Waals surface area contributed by atoms with Crippen LogP contribution in [0.15, 0.2) is 24.5 Å². The Balaban J connectivity index is 1.78. The summed E-state index contributed by atoms with van der Waals surface area (Å²) in [4.78, 5) is 7.04. The molecule has 1 aliphatic heterocycles. The van der Waals surface area contributed by atoms with Crippen LogP contribution in [0.5, 0.6) is 0 Å². The van der Waals surface area contributed by atoms with E-state index in [1.165, 1.54) is 44.4 Å². The Kier molecular flexibility index (Phi) is 3.42. The standard InChI is InChI=1S/C15H22N4/c1-2-7-18-8-5-13(6-9-18)19-11-17-14-10-12(16)3-4-15(14)19/h3-4,10-11,13H,2,5-9,16H2,1H3. The molecule has 0 amide bonds. The molecule has 0 atom stereocenters. The molecule has 0 bridgehead atoms. The van der Waals surface area contributed by atoms with Crippen LogP contribution in [0, 0.1) is 0 Å². The molecule has 4 nitrogen and oxygen atoms in total. The Labute approximate surface area is 114 Å². The van der Waals surface area contributed by atoms with Crippen molar-refractivity contribution in [2.24, 2.45) is 0 Å². The van der Waals surface area contributed by atoms with Gasteiger partial charge in [0.15, 0.2) is 0 Å². The summed E-state index contributed by atoms with van der Waals surface area (Å²) >= 11 is 0. The Morgan fingerprint density at radius 1 is 1.32 bits per heavy atom. The molecule has 1 fully saturated rings. The number of rotatable bonds is 3. The van der Waals surface area contributed by atoms with E-state index in [0.29, 0.717) is 6.04 Å². The van der Waals surface area contributed by atoms with Crippen molar-refractivity contribution in [2.45, 2.75) is 32.2 Å². The highest BCUT2D eigenvalue weighted by molar-refractivity contribution is 5.79. The zero-order valence-electron chi connectivity index (χ0n) is 11.5. The van der Waals surface area contributed by atoms with Crippen LogP contribution in [-0.2, 0) is 0 Å². The highest BCUT2D eigenvalue weighted by Gasteiger charge is 2.21. The molecule has 0 unspecified atom stereocenters. The van der Waals surface area contributed by atoms with Gasteiger partial charge in [-0.05, 0) is 44.0 Å². The first-order chi connectivity index (χ1) is 9.28. The summed E-state index contributed by atoms with van der Waals surface area (Å²) < 4.78 is 2.33. The second-order valence-corrected chi connectivity index (χ2v) is 5.47. The molecule has 2 N–H and O–H groups in total. The number of benzene rings is 1. The van der Waals surface area contributed by atoms with E-state index >= 15 is 0 Å². The third-order valence-corrected chi connectivity index (χ3v) is 4.09. The van der Waals surface area contributed by atoms with Gasteiger partial charge in [0.05, 0.1) is 17.4 Å². The van der Waals surface area contributed by atoms with Crippen molar-refractivity contribution in [3.05, 3.63) is 24.5 Å². The number of hydrogen-bond acceptors (Lipinski definition) is 3. The van der Waals surface area contributed by atoms with Crippen LogP contribution in [0.25, 0.3) is 11.0 Å². The predicted octanol–water partition coefficient (Wildman–Crippen LogP) is 2.67. The van der Waals surface area contributed by atoms with Crippen molar-refractivity contribution in [1.82, 2.24) is 14.5 Å². The molecular formula is C15H22N4. The summed E-state index contributed by atoms with van der Waals surface area (Å²) in [7, 11) is 0. The summed E-state index contributed by atoms with van der Waals surface area (Å²) in [5, 5.41) is 0. The number of imidazole rings is 1. The average molecular weight is 258 g/mol. The zero-order valence-corrected chi connectivity index (χ0v) is 11.5. The molecule has 0 spiro atoms.